The quantitative estimate of drug-likeness (QED) is 0.431. The van der Waals surface area contributed by atoms with Crippen molar-refractivity contribution in [2.45, 2.75) is 6.04 Å². The molecule has 0 aromatic heterocycles. The Morgan fingerprint density at radius 1 is 0.871 bits per heavy atom. The average Bonchev–Trinajstić information content (AvgIpc) is 3.27. The number of benzene rings is 3. The molecule has 0 N–H and O–H groups in total. The maximum absolute atomic E-state index is 13.6. The van der Waals surface area contributed by atoms with E-state index in [2.05, 4.69) is 15.9 Å². The van der Waals surface area contributed by atoms with Gasteiger partial charge in [0, 0.05) is 9.50 Å². The first-order valence-corrected chi connectivity index (χ1v) is 11.0. The molecule has 0 radical (unpaired) electrons. The molecule has 1 saturated heterocycles. The third-order valence-corrected chi connectivity index (χ3v) is 6.43. The standard InChI is InChI=1S/C23H14BrCl2N3O2/c24-14-8-6-13(7-9-14)20-19-21(29(27-20)16-4-2-1-3-5-16)23(31)28(22(19)30)18-11-10-15(25)12-17(18)26/h1-12,19,21H/t19-,21-/m1/s1. The normalized spacial score (nSPS) is 20.3. The Hall–Kier alpha value is -2.67. The maximum Gasteiger partial charge on any atom is 0.259 e. The average molecular weight is 515 g/mol. The summed E-state index contributed by atoms with van der Waals surface area (Å²) >= 11 is 15.8. The molecule has 2 aliphatic rings. The van der Waals surface area contributed by atoms with E-state index in [0.29, 0.717) is 16.4 Å². The topological polar surface area (TPSA) is 53.0 Å². The molecule has 5 nitrogen and oxygen atoms in total. The first kappa shape index (κ1) is 20.2. The molecule has 0 unspecified atom stereocenters. The molecule has 0 spiro atoms. The van der Waals surface area contributed by atoms with Crippen molar-refractivity contribution in [3.8, 4) is 0 Å². The minimum atomic E-state index is -0.791. The van der Waals surface area contributed by atoms with Gasteiger partial charge in [0.1, 0.15) is 12.0 Å². The number of nitrogens with zero attached hydrogens (tertiary/aromatic N) is 3. The van der Waals surface area contributed by atoms with Crippen LogP contribution in [-0.4, -0.2) is 23.6 Å². The number of carbonyl (C=O) groups excluding carboxylic acids is 2. The van der Waals surface area contributed by atoms with Gasteiger partial charge >= 0.3 is 0 Å². The van der Waals surface area contributed by atoms with Crippen LogP contribution in [0.1, 0.15) is 5.56 Å². The fraction of sp³-hybridized carbons (Fsp3) is 0.0870. The second-order valence-corrected chi connectivity index (χ2v) is 8.96. The summed E-state index contributed by atoms with van der Waals surface area (Å²) < 4.78 is 0.912. The van der Waals surface area contributed by atoms with E-state index >= 15 is 0 Å². The van der Waals surface area contributed by atoms with Crippen LogP contribution >= 0.6 is 39.1 Å². The monoisotopic (exact) mass is 513 g/mol. The van der Waals surface area contributed by atoms with Crippen molar-refractivity contribution in [3.63, 3.8) is 0 Å². The van der Waals surface area contributed by atoms with Crippen molar-refractivity contribution in [3.05, 3.63) is 92.9 Å². The highest BCUT2D eigenvalue weighted by Crippen LogP contribution is 2.41. The zero-order chi connectivity index (χ0) is 21.7. The van der Waals surface area contributed by atoms with Crippen molar-refractivity contribution in [1.29, 1.82) is 0 Å². The Bertz CT molecular complexity index is 1230. The summed E-state index contributed by atoms with van der Waals surface area (Å²) in [6.45, 7) is 0. The third kappa shape index (κ3) is 3.35. The molecule has 2 amide bonds. The molecule has 2 aliphatic heterocycles. The lowest BCUT2D eigenvalue weighted by Crippen LogP contribution is -2.39. The summed E-state index contributed by atoms with van der Waals surface area (Å²) in [5, 5.41) is 7.02. The first-order valence-electron chi connectivity index (χ1n) is 9.47. The van der Waals surface area contributed by atoms with E-state index in [-0.39, 0.29) is 16.8 Å². The maximum atomic E-state index is 13.6. The van der Waals surface area contributed by atoms with Crippen LogP contribution in [-0.2, 0) is 9.59 Å². The molecule has 0 bridgehead atoms. The number of para-hydroxylation sites is 1. The van der Waals surface area contributed by atoms with Crippen molar-refractivity contribution >= 4 is 68.0 Å². The van der Waals surface area contributed by atoms with Crippen LogP contribution in [0.2, 0.25) is 10.0 Å². The van der Waals surface area contributed by atoms with Gasteiger partial charge in [0.15, 0.2) is 0 Å². The predicted molar refractivity (Wildman–Crippen MR) is 126 cm³/mol. The molecule has 0 saturated carbocycles. The number of hydrogen-bond donors (Lipinski definition) is 0. The Morgan fingerprint density at radius 3 is 2.26 bits per heavy atom. The van der Waals surface area contributed by atoms with Gasteiger partial charge in [-0.15, -0.1) is 0 Å². The zero-order valence-electron chi connectivity index (χ0n) is 15.9. The van der Waals surface area contributed by atoms with E-state index in [4.69, 9.17) is 28.3 Å². The number of halogens is 3. The SMILES string of the molecule is O=C1[C@@H]2C(c3ccc(Br)cc3)=NN(c3ccccc3)[C@H]2C(=O)N1c1ccc(Cl)cc1Cl. The van der Waals surface area contributed by atoms with E-state index in [0.717, 1.165) is 20.6 Å². The molecule has 5 rings (SSSR count). The number of imide groups is 1. The van der Waals surface area contributed by atoms with Crippen molar-refractivity contribution in [2.24, 2.45) is 11.0 Å². The van der Waals surface area contributed by atoms with Crippen LogP contribution in [0.5, 0.6) is 0 Å². The largest absolute Gasteiger partial charge is 0.273 e. The van der Waals surface area contributed by atoms with Crippen LogP contribution in [0.3, 0.4) is 0 Å². The van der Waals surface area contributed by atoms with Gasteiger partial charge in [-0.25, -0.2) is 4.90 Å². The smallest absolute Gasteiger partial charge is 0.259 e. The van der Waals surface area contributed by atoms with E-state index in [1.165, 1.54) is 6.07 Å². The number of amides is 2. The summed E-state index contributed by atoms with van der Waals surface area (Å²) in [6, 6.07) is 20.8. The second-order valence-electron chi connectivity index (χ2n) is 7.20. The van der Waals surface area contributed by atoms with Crippen molar-refractivity contribution in [2.75, 3.05) is 9.91 Å². The predicted octanol–water partition coefficient (Wildman–Crippen LogP) is 5.54. The lowest BCUT2D eigenvalue weighted by Gasteiger charge is -2.22. The Morgan fingerprint density at radius 2 is 1.58 bits per heavy atom. The summed E-state index contributed by atoms with van der Waals surface area (Å²) in [4.78, 5) is 28.3. The molecule has 2 atom stereocenters. The number of hydrazone groups is 1. The molecule has 8 heteroatoms. The van der Waals surface area contributed by atoms with Crippen LogP contribution in [0.4, 0.5) is 11.4 Å². The molecule has 2 heterocycles. The number of carbonyl (C=O) groups is 2. The van der Waals surface area contributed by atoms with Gasteiger partial charge in [0.25, 0.3) is 5.91 Å². The summed E-state index contributed by atoms with van der Waals surface area (Å²) in [5.74, 6) is -1.49. The number of hydrogen-bond acceptors (Lipinski definition) is 4. The lowest BCUT2D eigenvalue weighted by molar-refractivity contribution is -0.121. The van der Waals surface area contributed by atoms with Gasteiger partial charge in [-0.1, -0.05) is 69.5 Å². The van der Waals surface area contributed by atoms with Gasteiger partial charge in [-0.3, -0.25) is 14.6 Å². The van der Waals surface area contributed by atoms with Crippen molar-refractivity contribution < 1.29 is 9.59 Å². The van der Waals surface area contributed by atoms with Gasteiger partial charge in [-0.2, -0.15) is 5.10 Å². The van der Waals surface area contributed by atoms with Crippen LogP contribution in [0.15, 0.2) is 82.4 Å². The highest BCUT2D eigenvalue weighted by atomic mass is 79.9. The Labute approximate surface area is 197 Å². The highest BCUT2D eigenvalue weighted by Gasteiger charge is 2.57. The van der Waals surface area contributed by atoms with E-state index in [1.807, 2.05) is 54.6 Å². The lowest BCUT2D eigenvalue weighted by atomic mass is 9.93. The molecule has 154 valence electrons. The Kier molecular flexibility index (Phi) is 5.08. The Balaban J connectivity index is 1.64. The van der Waals surface area contributed by atoms with Crippen LogP contribution in [0.25, 0.3) is 0 Å². The van der Waals surface area contributed by atoms with E-state index < -0.39 is 12.0 Å². The van der Waals surface area contributed by atoms with E-state index in [9.17, 15) is 9.59 Å². The first-order chi connectivity index (χ1) is 15.0. The van der Waals surface area contributed by atoms with Crippen molar-refractivity contribution in [1.82, 2.24) is 0 Å². The number of anilines is 2. The molecule has 0 aliphatic carbocycles. The minimum Gasteiger partial charge on any atom is -0.273 e. The fourth-order valence-electron chi connectivity index (χ4n) is 3.97. The summed E-state index contributed by atoms with van der Waals surface area (Å²) in [7, 11) is 0. The molecular weight excluding hydrogens is 501 g/mol. The molecule has 3 aromatic carbocycles. The summed E-state index contributed by atoms with van der Waals surface area (Å²) in [5.41, 5.74) is 2.38. The van der Waals surface area contributed by atoms with E-state index in [1.54, 1.807) is 17.1 Å². The zero-order valence-corrected chi connectivity index (χ0v) is 19.0. The van der Waals surface area contributed by atoms with Gasteiger partial charge < -0.3 is 0 Å². The fourth-order valence-corrected chi connectivity index (χ4v) is 4.72. The highest BCUT2D eigenvalue weighted by molar-refractivity contribution is 9.10. The molecule has 31 heavy (non-hydrogen) atoms. The van der Waals surface area contributed by atoms with Crippen LogP contribution in [0, 0.1) is 5.92 Å². The van der Waals surface area contributed by atoms with Gasteiger partial charge in [0.05, 0.1) is 22.1 Å². The second kappa shape index (κ2) is 7.79. The van der Waals surface area contributed by atoms with Gasteiger partial charge in [-0.05, 0) is 48.0 Å². The van der Waals surface area contributed by atoms with Gasteiger partial charge in [0.2, 0.25) is 5.91 Å². The summed E-state index contributed by atoms with van der Waals surface area (Å²) in [6.07, 6.45) is 0. The number of fused-ring (bicyclic) bond motifs is 1. The third-order valence-electron chi connectivity index (χ3n) is 5.36. The molecular formula is C23H14BrCl2N3O2. The molecule has 3 aromatic rings. The number of rotatable bonds is 3. The molecule has 1 fully saturated rings. The van der Waals surface area contributed by atoms with Crippen LogP contribution < -0.4 is 9.91 Å². The minimum absolute atomic E-state index is 0.238.